The molecule has 5 nitrogen and oxygen atoms in total. The molecule has 0 aliphatic rings. The number of carbonyl (C=O) groups is 1. The van der Waals surface area contributed by atoms with Crippen LogP contribution in [0.2, 0.25) is 0 Å². The topological polar surface area (TPSA) is 80.4 Å². The second kappa shape index (κ2) is 9.00. The molecule has 1 atom stereocenters. The molecule has 0 fully saturated rings. The van der Waals surface area contributed by atoms with Gasteiger partial charge in [-0.3, -0.25) is 9.79 Å². The van der Waals surface area contributed by atoms with Crippen LogP contribution < -0.4 is 11.1 Å². The molecule has 0 aliphatic carbocycles. The van der Waals surface area contributed by atoms with E-state index in [1.165, 1.54) is 0 Å². The van der Waals surface area contributed by atoms with Crippen molar-refractivity contribution in [3.8, 4) is 0 Å². The summed E-state index contributed by atoms with van der Waals surface area (Å²) in [5.41, 5.74) is 4.82. The van der Waals surface area contributed by atoms with Gasteiger partial charge in [0.15, 0.2) is 0 Å². The van der Waals surface area contributed by atoms with Gasteiger partial charge in [0.1, 0.15) is 5.82 Å². The van der Waals surface area contributed by atoms with E-state index in [0.29, 0.717) is 11.6 Å². The van der Waals surface area contributed by atoms with E-state index in [2.05, 4.69) is 21.9 Å². The van der Waals surface area contributed by atoms with E-state index in [1.54, 1.807) is 14.0 Å². The molecular weight excluding hydrogens is 353 g/mol. The fourth-order valence-corrected chi connectivity index (χ4v) is 2.71. The fourth-order valence-electron chi connectivity index (χ4n) is 1.92. The van der Waals surface area contributed by atoms with Crippen LogP contribution in [0.4, 0.5) is 19.0 Å². The third-order valence-corrected chi connectivity index (χ3v) is 4.62. The quantitative estimate of drug-likeness (QED) is 0.454. The Morgan fingerprint density at radius 3 is 2.64 bits per heavy atom. The third-order valence-electron chi connectivity index (χ3n) is 3.39. The Balaban J connectivity index is 2.92. The van der Waals surface area contributed by atoms with Crippen LogP contribution in [0.1, 0.15) is 25.0 Å². The van der Waals surface area contributed by atoms with Gasteiger partial charge in [0.2, 0.25) is 0 Å². The summed E-state index contributed by atoms with van der Waals surface area (Å²) in [4.78, 5) is 20.2. The van der Waals surface area contributed by atoms with Crippen molar-refractivity contribution in [2.45, 2.75) is 26.4 Å². The Bertz CT molecular complexity index is 674. The molecule has 0 aliphatic heterocycles. The highest BCUT2D eigenvalue weighted by Crippen LogP contribution is 2.33. The molecule has 1 aromatic rings. The van der Waals surface area contributed by atoms with Crippen molar-refractivity contribution in [3.63, 3.8) is 0 Å². The highest BCUT2D eigenvalue weighted by Gasteiger charge is 2.33. The molecule has 3 N–H and O–H groups in total. The number of halogens is 3. The van der Waals surface area contributed by atoms with Crippen LogP contribution in [0, 0.1) is 5.92 Å². The van der Waals surface area contributed by atoms with Crippen LogP contribution in [-0.2, 0) is 17.4 Å². The smallest absolute Gasteiger partial charge is 0.330 e. The van der Waals surface area contributed by atoms with E-state index >= 15 is 0 Å². The molecule has 0 saturated heterocycles. The summed E-state index contributed by atoms with van der Waals surface area (Å²) >= 11 is 1.04. The zero-order chi connectivity index (χ0) is 19.2. The Kier molecular flexibility index (Phi) is 7.62. The number of nitrogens with two attached hydrogens (primary N) is 1. The first-order valence-corrected chi connectivity index (χ1v) is 8.36. The number of hydrogen-bond donors (Lipinski definition) is 2. The number of rotatable bonds is 6. The van der Waals surface area contributed by atoms with Crippen LogP contribution in [-0.4, -0.2) is 29.5 Å². The molecule has 0 bridgehead atoms. The van der Waals surface area contributed by atoms with E-state index < -0.39 is 17.6 Å². The maximum atomic E-state index is 13.1. The van der Waals surface area contributed by atoms with E-state index in [0.717, 1.165) is 24.0 Å². The number of aliphatic imine (C=N–C) groups is 1. The SMILES string of the molecule is C=C(SC(=NC)C(C)CN)C(=O)Nc1cc(C(F)(F)F)c(CC)cn1. The number of amides is 1. The van der Waals surface area contributed by atoms with Crippen molar-refractivity contribution in [1.82, 2.24) is 4.98 Å². The van der Waals surface area contributed by atoms with E-state index in [-0.39, 0.29) is 28.6 Å². The third kappa shape index (κ3) is 5.86. The minimum Gasteiger partial charge on any atom is -0.330 e. The normalized spacial score (nSPS) is 13.5. The first kappa shape index (κ1) is 21.2. The average molecular weight is 374 g/mol. The molecule has 138 valence electrons. The minimum absolute atomic E-state index is 0.0571. The van der Waals surface area contributed by atoms with Gasteiger partial charge in [-0.15, -0.1) is 0 Å². The Hall–Kier alpha value is -1.87. The maximum absolute atomic E-state index is 13.1. The molecule has 1 heterocycles. The minimum atomic E-state index is -4.52. The average Bonchev–Trinajstić information content (AvgIpc) is 2.57. The van der Waals surface area contributed by atoms with Gasteiger partial charge in [-0.2, -0.15) is 13.2 Å². The van der Waals surface area contributed by atoms with Crippen LogP contribution in [0.5, 0.6) is 0 Å². The highest BCUT2D eigenvalue weighted by molar-refractivity contribution is 8.18. The van der Waals surface area contributed by atoms with Gasteiger partial charge in [-0.1, -0.05) is 32.2 Å². The monoisotopic (exact) mass is 374 g/mol. The van der Waals surface area contributed by atoms with Crippen molar-refractivity contribution in [1.29, 1.82) is 0 Å². The summed E-state index contributed by atoms with van der Waals surface area (Å²) in [5, 5.41) is 2.95. The van der Waals surface area contributed by atoms with Crippen molar-refractivity contribution in [2.24, 2.45) is 16.6 Å². The first-order valence-electron chi connectivity index (χ1n) is 7.54. The van der Waals surface area contributed by atoms with Crippen molar-refractivity contribution in [2.75, 3.05) is 18.9 Å². The molecule has 1 amide bonds. The number of aryl methyl sites for hydroxylation is 1. The molecule has 1 rings (SSSR count). The molecule has 1 aromatic heterocycles. The second-order valence-corrected chi connectivity index (χ2v) is 6.37. The summed E-state index contributed by atoms with van der Waals surface area (Å²) in [6.45, 7) is 7.44. The highest BCUT2D eigenvalue weighted by atomic mass is 32.2. The number of pyridine rings is 1. The standard InChI is InChI=1S/C16H21F3N4OS/c1-5-11-8-22-13(6-12(11)16(17,18)19)23-14(24)10(3)25-15(21-4)9(2)7-20/h6,8-9H,3,5,7,20H2,1-2,4H3,(H,22,23,24). The van der Waals surface area contributed by atoms with Gasteiger partial charge in [-0.05, 0) is 18.1 Å². The molecule has 25 heavy (non-hydrogen) atoms. The van der Waals surface area contributed by atoms with Crippen LogP contribution in [0.25, 0.3) is 0 Å². The number of hydrogen-bond acceptors (Lipinski definition) is 5. The summed E-state index contributed by atoms with van der Waals surface area (Å²) < 4.78 is 39.2. The zero-order valence-electron chi connectivity index (χ0n) is 14.3. The molecular formula is C16H21F3N4OS. The van der Waals surface area contributed by atoms with Gasteiger partial charge in [0.25, 0.3) is 5.91 Å². The predicted octanol–water partition coefficient (Wildman–Crippen LogP) is 3.47. The number of aromatic nitrogens is 1. The predicted molar refractivity (Wildman–Crippen MR) is 95.6 cm³/mol. The number of thioether (sulfide) groups is 1. The number of nitrogens with one attached hydrogen (secondary N) is 1. The Morgan fingerprint density at radius 2 is 2.16 bits per heavy atom. The van der Waals surface area contributed by atoms with Gasteiger partial charge in [0.05, 0.1) is 15.5 Å². The van der Waals surface area contributed by atoms with Gasteiger partial charge >= 0.3 is 6.18 Å². The summed E-state index contributed by atoms with van der Waals surface area (Å²) in [7, 11) is 1.57. The lowest BCUT2D eigenvalue weighted by atomic mass is 10.1. The van der Waals surface area contributed by atoms with Crippen molar-refractivity contribution < 1.29 is 18.0 Å². The van der Waals surface area contributed by atoms with E-state index in [9.17, 15) is 18.0 Å². The Morgan fingerprint density at radius 1 is 1.52 bits per heavy atom. The lowest BCUT2D eigenvalue weighted by molar-refractivity contribution is -0.138. The summed E-state index contributed by atoms with van der Waals surface area (Å²) in [5.74, 6) is -0.878. The number of alkyl halides is 3. The van der Waals surface area contributed by atoms with E-state index in [4.69, 9.17) is 5.73 Å². The van der Waals surface area contributed by atoms with Crippen molar-refractivity contribution >= 4 is 28.5 Å². The summed E-state index contributed by atoms with van der Waals surface area (Å²) in [6, 6.07) is 0.825. The second-order valence-electron chi connectivity index (χ2n) is 5.26. The molecule has 9 heteroatoms. The van der Waals surface area contributed by atoms with E-state index in [1.807, 2.05) is 6.92 Å². The molecule has 0 spiro atoms. The number of anilines is 1. The lowest BCUT2D eigenvalue weighted by Gasteiger charge is -2.15. The van der Waals surface area contributed by atoms with Gasteiger partial charge < -0.3 is 11.1 Å². The molecule has 0 saturated carbocycles. The fraction of sp³-hybridized carbons (Fsp3) is 0.438. The number of nitrogens with zero attached hydrogens (tertiary/aromatic N) is 2. The molecule has 0 radical (unpaired) electrons. The van der Waals surface area contributed by atoms with Crippen LogP contribution in [0.3, 0.4) is 0 Å². The lowest BCUT2D eigenvalue weighted by Crippen LogP contribution is -2.21. The maximum Gasteiger partial charge on any atom is 0.416 e. The van der Waals surface area contributed by atoms with Gasteiger partial charge in [0, 0.05) is 25.7 Å². The van der Waals surface area contributed by atoms with Crippen LogP contribution >= 0.6 is 11.8 Å². The molecule has 0 aromatic carbocycles. The first-order chi connectivity index (χ1) is 11.6. The van der Waals surface area contributed by atoms with Crippen LogP contribution in [0.15, 0.2) is 28.7 Å². The molecule has 1 unspecified atom stereocenters. The van der Waals surface area contributed by atoms with Gasteiger partial charge in [-0.25, -0.2) is 4.98 Å². The Labute approximate surface area is 149 Å². The zero-order valence-corrected chi connectivity index (χ0v) is 15.1. The number of carbonyl (C=O) groups excluding carboxylic acids is 1. The van der Waals surface area contributed by atoms with Crippen molar-refractivity contribution in [3.05, 3.63) is 34.9 Å². The largest absolute Gasteiger partial charge is 0.416 e. The summed E-state index contributed by atoms with van der Waals surface area (Å²) in [6.07, 6.45) is -3.21.